The molecule has 4 heteroatoms. The minimum Gasteiger partial charge on any atom is -0.353 e. The Balaban J connectivity index is 3.61. The maximum atomic E-state index is 11.7. The summed E-state index contributed by atoms with van der Waals surface area (Å²) in [5, 5.41) is 3.04. The summed E-state index contributed by atoms with van der Waals surface area (Å²) in [6.07, 6.45) is 3.48. The van der Waals surface area contributed by atoms with Crippen LogP contribution in [-0.2, 0) is 4.79 Å². The highest BCUT2D eigenvalue weighted by Gasteiger charge is 2.13. The van der Waals surface area contributed by atoms with E-state index in [-0.39, 0.29) is 17.5 Å². The molecule has 0 aromatic carbocycles. The number of amides is 1. The van der Waals surface area contributed by atoms with E-state index in [4.69, 9.17) is 5.73 Å². The Bertz CT molecular complexity index is 236. The van der Waals surface area contributed by atoms with Gasteiger partial charge in [0.25, 0.3) is 0 Å². The SMILES string of the molecule is CC(C)CCCC(C)NC(=O)CSCC(C)(C)N. The molecule has 0 bridgehead atoms. The van der Waals surface area contributed by atoms with Gasteiger partial charge in [0.1, 0.15) is 0 Å². The summed E-state index contributed by atoms with van der Waals surface area (Å²) < 4.78 is 0. The van der Waals surface area contributed by atoms with Gasteiger partial charge in [-0.1, -0.05) is 26.7 Å². The van der Waals surface area contributed by atoms with Crippen molar-refractivity contribution in [2.24, 2.45) is 11.7 Å². The molecule has 0 rings (SSSR count). The Hall–Kier alpha value is -0.220. The summed E-state index contributed by atoms with van der Waals surface area (Å²) in [4.78, 5) is 11.7. The van der Waals surface area contributed by atoms with Crippen molar-refractivity contribution >= 4 is 17.7 Å². The number of hydrogen-bond acceptors (Lipinski definition) is 3. The first-order valence-electron chi connectivity index (χ1n) is 6.86. The second-order valence-corrected chi connectivity index (χ2v) is 7.26. The molecule has 0 fully saturated rings. The third kappa shape index (κ3) is 12.2. The van der Waals surface area contributed by atoms with E-state index in [1.54, 1.807) is 11.8 Å². The van der Waals surface area contributed by atoms with Gasteiger partial charge >= 0.3 is 0 Å². The third-order valence-electron chi connectivity index (χ3n) is 2.53. The molecule has 1 atom stereocenters. The molecule has 1 amide bonds. The van der Waals surface area contributed by atoms with Gasteiger partial charge in [-0.3, -0.25) is 4.79 Å². The number of nitrogens with one attached hydrogen (secondary N) is 1. The van der Waals surface area contributed by atoms with Gasteiger partial charge in [0.15, 0.2) is 0 Å². The monoisotopic (exact) mass is 274 g/mol. The number of hydrogen-bond donors (Lipinski definition) is 2. The van der Waals surface area contributed by atoms with Crippen LogP contribution in [0.2, 0.25) is 0 Å². The molecular weight excluding hydrogens is 244 g/mol. The van der Waals surface area contributed by atoms with Gasteiger partial charge in [-0.05, 0) is 33.1 Å². The van der Waals surface area contributed by atoms with Crippen LogP contribution in [0.1, 0.15) is 53.9 Å². The molecule has 0 saturated heterocycles. The van der Waals surface area contributed by atoms with Crippen LogP contribution < -0.4 is 11.1 Å². The van der Waals surface area contributed by atoms with E-state index < -0.39 is 0 Å². The van der Waals surface area contributed by atoms with Crippen LogP contribution in [0, 0.1) is 5.92 Å². The minimum absolute atomic E-state index is 0.126. The molecule has 0 saturated carbocycles. The van der Waals surface area contributed by atoms with Gasteiger partial charge in [-0.25, -0.2) is 0 Å². The zero-order chi connectivity index (χ0) is 14.2. The molecule has 3 N–H and O–H groups in total. The van der Waals surface area contributed by atoms with Gasteiger partial charge in [-0.2, -0.15) is 11.8 Å². The van der Waals surface area contributed by atoms with E-state index in [9.17, 15) is 4.79 Å². The molecule has 1 unspecified atom stereocenters. The second kappa shape index (κ2) is 8.81. The summed E-state index contributed by atoms with van der Waals surface area (Å²) in [5.41, 5.74) is 5.66. The number of rotatable bonds is 9. The minimum atomic E-state index is -0.201. The largest absolute Gasteiger partial charge is 0.353 e. The van der Waals surface area contributed by atoms with Crippen molar-refractivity contribution in [2.75, 3.05) is 11.5 Å². The topological polar surface area (TPSA) is 55.1 Å². The maximum Gasteiger partial charge on any atom is 0.230 e. The molecular formula is C14H30N2OS. The number of thioether (sulfide) groups is 1. The first kappa shape index (κ1) is 17.8. The van der Waals surface area contributed by atoms with Crippen molar-refractivity contribution in [1.29, 1.82) is 0 Å². The van der Waals surface area contributed by atoms with Crippen molar-refractivity contribution < 1.29 is 4.79 Å². The first-order valence-corrected chi connectivity index (χ1v) is 8.02. The molecule has 0 aromatic heterocycles. The lowest BCUT2D eigenvalue weighted by atomic mass is 10.0. The fraction of sp³-hybridized carbons (Fsp3) is 0.929. The van der Waals surface area contributed by atoms with Gasteiger partial charge < -0.3 is 11.1 Å². The van der Waals surface area contributed by atoms with Gasteiger partial charge in [-0.15, -0.1) is 0 Å². The van der Waals surface area contributed by atoms with Crippen LogP contribution in [0.3, 0.4) is 0 Å². The smallest absolute Gasteiger partial charge is 0.230 e. The van der Waals surface area contributed by atoms with Gasteiger partial charge in [0.05, 0.1) is 5.75 Å². The Morgan fingerprint density at radius 1 is 1.28 bits per heavy atom. The maximum absolute atomic E-state index is 11.7. The van der Waals surface area contributed by atoms with Crippen molar-refractivity contribution in [3.05, 3.63) is 0 Å². The highest BCUT2D eigenvalue weighted by atomic mass is 32.2. The second-order valence-electron chi connectivity index (χ2n) is 6.27. The van der Waals surface area contributed by atoms with Crippen molar-refractivity contribution in [3.63, 3.8) is 0 Å². The van der Waals surface area contributed by atoms with E-state index >= 15 is 0 Å². The van der Waals surface area contributed by atoms with Crippen LogP contribution in [0.5, 0.6) is 0 Å². The normalized spacial score (nSPS) is 13.7. The van der Waals surface area contributed by atoms with Crippen LogP contribution >= 0.6 is 11.8 Å². The van der Waals surface area contributed by atoms with Crippen LogP contribution in [-0.4, -0.2) is 29.0 Å². The van der Waals surface area contributed by atoms with Crippen molar-refractivity contribution in [1.82, 2.24) is 5.32 Å². The summed E-state index contributed by atoms with van der Waals surface area (Å²) in [7, 11) is 0. The molecule has 3 nitrogen and oxygen atoms in total. The zero-order valence-electron chi connectivity index (χ0n) is 12.6. The summed E-state index contributed by atoms with van der Waals surface area (Å²) in [6, 6.07) is 0.280. The third-order valence-corrected chi connectivity index (χ3v) is 3.95. The molecule has 0 heterocycles. The summed E-state index contributed by atoms with van der Waals surface area (Å²) >= 11 is 1.60. The van der Waals surface area contributed by atoms with Gasteiger partial charge in [0.2, 0.25) is 5.91 Å². The lowest BCUT2D eigenvalue weighted by molar-refractivity contribution is -0.119. The zero-order valence-corrected chi connectivity index (χ0v) is 13.4. The number of carbonyl (C=O) groups is 1. The summed E-state index contributed by atoms with van der Waals surface area (Å²) in [6.45, 7) is 10.5. The van der Waals surface area contributed by atoms with Crippen LogP contribution in [0.15, 0.2) is 0 Å². The van der Waals surface area contributed by atoms with E-state index in [0.29, 0.717) is 5.75 Å². The van der Waals surface area contributed by atoms with E-state index in [1.807, 2.05) is 13.8 Å². The number of carbonyl (C=O) groups excluding carboxylic acids is 1. The molecule has 0 aliphatic heterocycles. The average molecular weight is 274 g/mol. The Morgan fingerprint density at radius 2 is 1.89 bits per heavy atom. The van der Waals surface area contributed by atoms with E-state index in [0.717, 1.165) is 18.1 Å². The first-order chi connectivity index (χ1) is 8.20. The standard InChI is InChI=1S/C14H30N2OS/c1-11(2)7-6-8-12(3)16-13(17)9-18-10-14(4,5)15/h11-12H,6-10,15H2,1-5H3,(H,16,17). The van der Waals surface area contributed by atoms with Crippen molar-refractivity contribution in [2.45, 2.75) is 65.5 Å². The highest BCUT2D eigenvalue weighted by Crippen LogP contribution is 2.10. The fourth-order valence-electron chi connectivity index (χ4n) is 1.63. The molecule has 0 aliphatic rings. The van der Waals surface area contributed by atoms with Crippen LogP contribution in [0.4, 0.5) is 0 Å². The quantitative estimate of drug-likeness (QED) is 0.680. The van der Waals surface area contributed by atoms with Crippen molar-refractivity contribution in [3.8, 4) is 0 Å². The Kier molecular flexibility index (Phi) is 8.70. The summed E-state index contributed by atoms with van der Waals surface area (Å²) in [5.74, 6) is 2.19. The molecule has 0 spiro atoms. The molecule has 0 aliphatic carbocycles. The Labute approximate surface area is 117 Å². The molecule has 108 valence electrons. The number of nitrogens with two attached hydrogens (primary N) is 1. The highest BCUT2D eigenvalue weighted by molar-refractivity contribution is 8.00. The average Bonchev–Trinajstić information content (AvgIpc) is 2.14. The molecule has 18 heavy (non-hydrogen) atoms. The lowest BCUT2D eigenvalue weighted by Crippen LogP contribution is -2.37. The van der Waals surface area contributed by atoms with E-state index in [2.05, 4.69) is 26.1 Å². The van der Waals surface area contributed by atoms with Gasteiger partial charge in [0, 0.05) is 17.3 Å². The van der Waals surface area contributed by atoms with E-state index in [1.165, 1.54) is 12.8 Å². The fourth-order valence-corrected chi connectivity index (χ4v) is 2.52. The predicted octanol–water partition coefficient (Wildman–Crippen LogP) is 2.79. The lowest BCUT2D eigenvalue weighted by Gasteiger charge is -2.18. The molecule has 0 radical (unpaired) electrons. The Morgan fingerprint density at radius 3 is 2.39 bits per heavy atom. The van der Waals surface area contributed by atoms with Crippen LogP contribution in [0.25, 0.3) is 0 Å². The predicted molar refractivity (Wildman–Crippen MR) is 81.9 cm³/mol. The molecule has 0 aromatic rings.